The lowest BCUT2D eigenvalue weighted by atomic mass is 10.1. The van der Waals surface area contributed by atoms with Crippen LogP contribution in [0, 0.1) is 0 Å². The number of fused-ring (bicyclic) bond motifs is 1. The van der Waals surface area contributed by atoms with Crippen LogP contribution in [0.3, 0.4) is 0 Å². The number of anilines is 2. The van der Waals surface area contributed by atoms with Crippen LogP contribution in [0.1, 0.15) is 59.8 Å². The van der Waals surface area contributed by atoms with Crippen molar-refractivity contribution in [2.45, 2.75) is 78.0 Å². The van der Waals surface area contributed by atoms with E-state index in [9.17, 15) is 14.7 Å². The Labute approximate surface area is 193 Å². The van der Waals surface area contributed by atoms with Gasteiger partial charge in [-0.2, -0.15) is 9.97 Å². The normalized spacial score (nSPS) is 14.9. The molecule has 33 heavy (non-hydrogen) atoms. The number of carboxylic acids is 1. The average molecular weight is 463 g/mol. The molecule has 0 spiro atoms. The number of nitrogens with one attached hydrogen (secondary N) is 1. The molecule has 3 rings (SSSR count). The van der Waals surface area contributed by atoms with Gasteiger partial charge in [0.2, 0.25) is 5.95 Å². The second-order valence-electron chi connectivity index (χ2n) is 9.18. The summed E-state index contributed by atoms with van der Waals surface area (Å²) in [7, 11) is 0. The molecule has 1 amide bonds. The van der Waals surface area contributed by atoms with Gasteiger partial charge in [0.05, 0.1) is 6.33 Å². The summed E-state index contributed by atoms with van der Waals surface area (Å²) in [5.74, 6) is -0.384. The quantitative estimate of drug-likeness (QED) is 0.538. The fourth-order valence-electron chi connectivity index (χ4n) is 3.56. The molecule has 3 heterocycles. The van der Waals surface area contributed by atoms with Gasteiger partial charge in [0.15, 0.2) is 17.0 Å². The summed E-state index contributed by atoms with van der Waals surface area (Å²) >= 11 is 0. The molecule has 182 valence electrons. The molecular weight excluding hydrogens is 428 g/mol. The number of imidazole rings is 1. The predicted molar refractivity (Wildman–Crippen MR) is 124 cm³/mol. The Bertz CT molecular complexity index is 964. The van der Waals surface area contributed by atoms with E-state index in [1.54, 1.807) is 20.8 Å². The lowest BCUT2D eigenvalue weighted by Gasteiger charge is -2.27. The predicted octanol–water partition coefficient (Wildman–Crippen LogP) is 3.43. The number of nitrogens with zero attached hydrogens (tertiary/aromatic N) is 5. The number of carbonyl (C=O) groups excluding carboxylic acids is 1. The Morgan fingerprint density at radius 1 is 1.27 bits per heavy atom. The smallest absolute Gasteiger partial charge is 0.417 e. The van der Waals surface area contributed by atoms with Crippen molar-refractivity contribution in [2.75, 3.05) is 30.0 Å². The van der Waals surface area contributed by atoms with E-state index in [1.807, 2.05) is 0 Å². The zero-order chi connectivity index (χ0) is 24.0. The number of unbranched alkanes of at least 4 members (excludes halogenated alkanes) is 2. The summed E-state index contributed by atoms with van der Waals surface area (Å²) in [4.78, 5) is 39.4. The van der Waals surface area contributed by atoms with Crippen LogP contribution in [0.25, 0.3) is 11.2 Å². The third-order valence-corrected chi connectivity index (χ3v) is 5.16. The second-order valence-corrected chi connectivity index (χ2v) is 9.18. The Morgan fingerprint density at radius 2 is 2.00 bits per heavy atom. The summed E-state index contributed by atoms with van der Waals surface area (Å²) in [6.45, 7) is 8.88. The molecule has 1 aliphatic heterocycles. The average Bonchev–Trinajstić information content (AvgIpc) is 3.13. The van der Waals surface area contributed by atoms with Crippen LogP contribution in [0.2, 0.25) is 0 Å². The van der Waals surface area contributed by atoms with Gasteiger partial charge in [0.25, 0.3) is 0 Å². The van der Waals surface area contributed by atoms with Crippen molar-refractivity contribution in [1.29, 1.82) is 0 Å². The van der Waals surface area contributed by atoms with E-state index in [0.29, 0.717) is 36.7 Å². The van der Waals surface area contributed by atoms with Crippen molar-refractivity contribution < 1.29 is 24.2 Å². The summed E-state index contributed by atoms with van der Waals surface area (Å²) in [6, 6.07) is 0.129. The van der Waals surface area contributed by atoms with Gasteiger partial charge in [-0.3, -0.25) is 4.79 Å². The minimum Gasteiger partial charge on any atom is -0.480 e. The summed E-state index contributed by atoms with van der Waals surface area (Å²) in [5.41, 5.74) is 0.128. The molecule has 0 atom stereocenters. The number of amides is 1. The fraction of sp³-hybridized carbons (Fsp3) is 0.682. The van der Waals surface area contributed by atoms with Crippen molar-refractivity contribution in [1.82, 2.24) is 19.5 Å². The Balaban J connectivity index is 2.04. The van der Waals surface area contributed by atoms with E-state index in [4.69, 9.17) is 9.47 Å². The molecule has 0 aliphatic carbocycles. The molecule has 11 nitrogen and oxygen atoms in total. The van der Waals surface area contributed by atoms with Crippen LogP contribution < -0.4 is 10.2 Å². The molecule has 0 bridgehead atoms. The number of carboxylic acid groups (broad SMARTS) is 1. The minimum atomic E-state index is -1.01. The van der Waals surface area contributed by atoms with Crippen molar-refractivity contribution in [3.05, 3.63) is 6.33 Å². The highest BCUT2D eigenvalue weighted by molar-refractivity contribution is 5.90. The zero-order valence-electron chi connectivity index (χ0n) is 19.8. The first-order valence-corrected chi connectivity index (χ1v) is 11.5. The van der Waals surface area contributed by atoms with E-state index in [0.717, 1.165) is 32.1 Å². The van der Waals surface area contributed by atoms with Crippen LogP contribution in [0.4, 0.5) is 16.6 Å². The number of carbonyl (C=O) groups is 2. The third-order valence-electron chi connectivity index (χ3n) is 5.16. The van der Waals surface area contributed by atoms with E-state index in [-0.39, 0.29) is 18.5 Å². The van der Waals surface area contributed by atoms with Crippen LogP contribution in [0.5, 0.6) is 0 Å². The molecular formula is C22H34N6O5. The number of hydrogen-bond acceptors (Lipinski definition) is 8. The third kappa shape index (κ3) is 6.77. The number of aliphatic carboxylic acids is 1. The van der Waals surface area contributed by atoms with Gasteiger partial charge < -0.3 is 24.5 Å². The zero-order valence-corrected chi connectivity index (χ0v) is 19.8. The number of ether oxygens (including phenoxy) is 2. The second kappa shape index (κ2) is 10.8. The summed E-state index contributed by atoms with van der Waals surface area (Å²) in [6.07, 6.45) is 5.19. The van der Waals surface area contributed by atoms with Crippen LogP contribution in [-0.2, 0) is 20.8 Å². The molecule has 2 N–H and O–H groups in total. The molecule has 11 heteroatoms. The van der Waals surface area contributed by atoms with Gasteiger partial charge in [0, 0.05) is 25.8 Å². The van der Waals surface area contributed by atoms with Gasteiger partial charge in [-0.25, -0.2) is 14.7 Å². The first-order chi connectivity index (χ1) is 15.7. The largest absolute Gasteiger partial charge is 0.480 e. The highest BCUT2D eigenvalue weighted by atomic mass is 16.6. The lowest BCUT2D eigenvalue weighted by molar-refractivity contribution is -0.137. The van der Waals surface area contributed by atoms with Gasteiger partial charge in [-0.1, -0.05) is 19.8 Å². The van der Waals surface area contributed by atoms with E-state index in [1.165, 1.54) is 15.8 Å². The fourth-order valence-corrected chi connectivity index (χ4v) is 3.56. The Morgan fingerprint density at radius 3 is 2.64 bits per heavy atom. The molecule has 1 saturated heterocycles. The Kier molecular flexibility index (Phi) is 8.06. The molecule has 0 radical (unpaired) electrons. The van der Waals surface area contributed by atoms with Gasteiger partial charge in [-0.15, -0.1) is 0 Å². The number of hydrogen-bond donors (Lipinski definition) is 2. The number of aromatic nitrogens is 4. The van der Waals surface area contributed by atoms with Gasteiger partial charge in [0.1, 0.15) is 12.1 Å². The van der Waals surface area contributed by atoms with Crippen molar-refractivity contribution in [3.8, 4) is 0 Å². The van der Waals surface area contributed by atoms with E-state index >= 15 is 0 Å². The van der Waals surface area contributed by atoms with E-state index in [2.05, 4.69) is 27.2 Å². The maximum atomic E-state index is 13.1. The molecule has 0 unspecified atom stereocenters. The first kappa shape index (κ1) is 24.7. The maximum absolute atomic E-state index is 13.1. The van der Waals surface area contributed by atoms with Gasteiger partial charge in [-0.05, 0) is 40.0 Å². The van der Waals surface area contributed by atoms with Crippen LogP contribution in [0.15, 0.2) is 6.33 Å². The van der Waals surface area contributed by atoms with E-state index < -0.39 is 17.7 Å². The molecule has 1 aliphatic rings. The number of rotatable bonds is 9. The lowest BCUT2D eigenvalue weighted by Crippen LogP contribution is -2.39. The highest BCUT2D eigenvalue weighted by Gasteiger charge is 2.28. The van der Waals surface area contributed by atoms with Crippen molar-refractivity contribution in [2.24, 2.45) is 0 Å². The van der Waals surface area contributed by atoms with Crippen molar-refractivity contribution >= 4 is 35.0 Å². The summed E-state index contributed by atoms with van der Waals surface area (Å²) in [5, 5.41) is 12.7. The van der Waals surface area contributed by atoms with Crippen LogP contribution >= 0.6 is 0 Å². The monoisotopic (exact) mass is 462 g/mol. The highest BCUT2D eigenvalue weighted by Crippen LogP contribution is 2.26. The molecule has 0 saturated carbocycles. The maximum Gasteiger partial charge on any atom is 0.417 e. The first-order valence-electron chi connectivity index (χ1n) is 11.5. The molecule has 2 aromatic rings. The summed E-state index contributed by atoms with van der Waals surface area (Å²) < 4.78 is 12.5. The molecule has 0 aromatic carbocycles. The van der Waals surface area contributed by atoms with Crippen LogP contribution in [-0.4, -0.2) is 68.1 Å². The standard InChI is InChI=1S/C22H34N6O5/c1-5-6-7-10-28(21(31)33-22(2,3)4)20-25-18(24-15-8-11-32-12-9-15)17-19(26-20)27(14-23-17)13-16(29)30/h14-15H,5-13H2,1-4H3,(H,29,30)(H,24,25,26). The molecule has 1 fully saturated rings. The Hall–Kier alpha value is -2.95. The molecule has 2 aromatic heterocycles. The SMILES string of the molecule is CCCCCN(C(=O)OC(C)(C)C)c1nc(NC2CCOCC2)c2ncn(CC(=O)O)c2n1. The minimum absolute atomic E-state index is 0.129. The van der Waals surface area contributed by atoms with Crippen molar-refractivity contribution in [3.63, 3.8) is 0 Å². The van der Waals surface area contributed by atoms with Gasteiger partial charge >= 0.3 is 12.1 Å². The topological polar surface area (TPSA) is 132 Å².